The molecule has 0 spiro atoms. The maximum Gasteiger partial charge on any atom is 0.230 e. The molecule has 1 atom stereocenters. The third-order valence-electron chi connectivity index (χ3n) is 6.17. The highest BCUT2D eigenvalue weighted by atomic mass is 16.2. The van der Waals surface area contributed by atoms with Crippen LogP contribution >= 0.6 is 0 Å². The Kier molecular flexibility index (Phi) is 5.01. The van der Waals surface area contributed by atoms with Gasteiger partial charge in [0, 0.05) is 38.6 Å². The second-order valence-corrected chi connectivity index (χ2v) is 7.75. The Morgan fingerprint density at radius 3 is 2.67 bits per heavy atom. The molecule has 1 saturated heterocycles. The van der Waals surface area contributed by atoms with Crippen molar-refractivity contribution in [1.82, 2.24) is 14.8 Å². The maximum atomic E-state index is 13.0. The molecule has 0 radical (unpaired) electrons. The number of hydrogen-bond acceptors (Lipinski definition) is 2. The van der Waals surface area contributed by atoms with Crippen LogP contribution in [0.3, 0.4) is 0 Å². The Morgan fingerprint density at radius 2 is 1.93 bits per heavy atom. The fraction of sp³-hybridized carbons (Fsp3) is 0.455. The van der Waals surface area contributed by atoms with E-state index in [0.717, 1.165) is 44.3 Å². The van der Waals surface area contributed by atoms with E-state index in [-0.39, 0.29) is 23.8 Å². The van der Waals surface area contributed by atoms with Crippen LogP contribution < -0.4 is 0 Å². The number of aromatic nitrogens is 1. The predicted molar refractivity (Wildman–Crippen MR) is 104 cm³/mol. The predicted octanol–water partition coefficient (Wildman–Crippen LogP) is 2.74. The first-order chi connectivity index (χ1) is 13.1. The highest BCUT2D eigenvalue weighted by Gasteiger charge is 2.34. The molecule has 0 bridgehead atoms. The van der Waals surface area contributed by atoms with Gasteiger partial charge >= 0.3 is 0 Å². The van der Waals surface area contributed by atoms with E-state index in [1.807, 2.05) is 41.4 Å². The molecule has 1 fully saturated rings. The van der Waals surface area contributed by atoms with Gasteiger partial charge in [0.05, 0.1) is 12.3 Å². The zero-order valence-electron chi connectivity index (χ0n) is 15.9. The number of carbonyl (C=O) groups excluding carboxylic acids is 2. The van der Waals surface area contributed by atoms with Gasteiger partial charge < -0.3 is 14.8 Å². The van der Waals surface area contributed by atoms with E-state index in [1.165, 1.54) is 11.1 Å². The third-order valence-corrected chi connectivity index (χ3v) is 6.17. The molecule has 2 aliphatic rings. The summed E-state index contributed by atoms with van der Waals surface area (Å²) in [4.78, 5) is 32.4. The number of nitrogens with zero attached hydrogens (tertiary/aromatic N) is 2. The van der Waals surface area contributed by atoms with Gasteiger partial charge in [0.2, 0.25) is 11.8 Å². The van der Waals surface area contributed by atoms with E-state index in [2.05, 4.69) is 23.2 Å². The monoisotopic (exact) mass is 365 g/mol. The summed E-state index contributed by atoms with van der Waals surface area (Å²) in [7, 11) is 1.89. The summed E-state index contributed by atoms with van der Waals surface area (Å²) in [5, 5.41) is 0. The van der Waals surface area contributed by atoms with Crippen molar-refractivity contribution in [1.29, 1.82) is 0 Å². The highest BCUT2D eigenvalue weighted by Crippen LogP contribution is 2.35. The molecule has 2 amide bonds. The lowest BCUT2D eigenvalue weighted by Crippen LogP contribution is -2.48. The SMILES string of the molecule is CN(C(=O)Cc1cc[nH]c1)C1CCN(C(=O)C2CCc3ccccc32)CC1. The molecule has 5 heteroatoms. The van der Waals surface area contributed by atoms with E-state index in [0.29, 0.717) is 6.42 Å². The van der Waals surface area contributed by atoms with Crippen LogP contribution in [-0.4, -0.2) is 52.8 Å². The molecule has 1 aromatic heterocycles. The van der Waals surface area contributed by atoms with Crippen LogP contribution in [0.1, 0.15) is 41.9 Å². The number of piperidine rings is 1. The summed E-state index contributed by atoms with van der Waals surface area (Å²) in [6, 6.07) is 10.5. The van der Waals surface area contributed by atoms with Crippen LogP contribution in [-0.2, 0) is 22.4 Å². The number of aromatic amines is 1. The molecule has 5 nitrogen and oxygen atoms in total. The number of hydrogen-bond donors (Lipinski definition) is 1. The first kappa shape index (κ1) is 17.8. The quantitative estimate of drug-likeness (QED) is 0.906. The van der Waals surface area contributed by atoms with Crippen molar-refractivity contribution < 1.29 is 9.59 Å². The Morgan fingerprint density at radius 1 is 1.15 bits per heavy atom. The smallest absolute Gasteiger partial charge is 0.230 e. The largest absolute Gasteiger partial charge is 0.367 e. The van der Waals surface area contributed by atoms with Crippen LogP contribution in [0.15, 0.2) is 42.7 Å². The zero-order valence-corrected chi connectivity index (χ0v) is 15.9. The molecular weight excluding hydrogens is 338 g/mol. The molecule has 2 aromatic rings. The molecule has 0 saturated carbocycles. The lowest BCUT2D eigenvalue weighted by molar-refractivity contribution is -0.136. The number of aryl methyl sites for hydroxylation is 1. The summed E-state index contributed by atoms with van der Waals surface area (Å²) in [6.45, 7) is 1.48. The average molecular weight is 365 g/mol. The third kappa shape index (κ3) is 3.64. The van der Waals surface area contributed by atoms with Crippen LogP contribution in [0.25, 0.3) is 0 Å². The Balaban J connectivity index is 1.32. The minimum Gasteiger partial charge on any atom is -0.367 e. The molecule has 1 aliphatic carbocycles. The topological polar surface area (TPSA) is 56.4 Å². The van der Waals surface area contributed by atoms with E-state index in [1.54, 1.807) is 0 Å². The van der Waals surface area contributed by atoms with Gasteiger partial charge in [-0.05, 0) is 48.4 Å². The molecule has 1 N–H and O–H groups in total. The average Bonchev–Trinajstić information content (AvgIpc) is 3.36. The van der Waals surface area contributed by atoms with Gasteiger partial charge in [0.1, 0.15) is 0 Å². The van der Waals surface area contributed by atoms with Gasteiger partial charge in [-0.25, -0.2) is 0 Å². The fourth-order valence-electron chi connectivity index (χ4n) is 4.48. The van der Waals surface area contributed by atoms with Crippen LogP contribution in [0, 0.1) is 0 Å². The fourth-order valence-corrected chi connectivity index (χ4v) is 4.48. The first-order valence-electron chi connectivity index (χ1n) is 9.87. The van der Waals surface area contributed by atoms with Crippen molar-refractivity contribution in [3.63, 3.8) is 0 Å². The number of amides is 2. The van der Waals surface area contributed by atoms with Gasteiger partial charge in [0.15, 0.2) is 0 Å². The molecule has 1 aromatic carbocycles. The molecule has 4 rings (SSSR count). The molecule has 27 heavy (non-hydrogen) atoms. The van der Waals surface area contributed by atoms with E-state index >= 15 is 0 Å². The second-order valence-electron chi connectivity index (χ2n) is 7.75. The van der Waals surface area contributed by atoms with Crippen LogP contribution in [0.5, 0.6) is 0 Å². The summed E-state index contributed by atoms with van der Waals surface area (Å²) in [6.07, 6.45) is 7.77. The van der Waals surface area contributed by atoms with Gasteiger partial charge in [-0.15, -0.1) is 0 Å². The molecule has 142 valence electrons. The van der Waals surface area contributed by atoms with Gasteiger partial charge in [-0.2, -0.15) is 0 Å². The van der Waals surface area contributed by atoms with Crippen molar-refractivity contribution in [2.24, 2.45) is 0 Å². The summed E-state index contributed by atoms with van der Waals surface area (Å²) >= 11 is 0. The highest BCUT2D eigenvalue weighted by molar-refractivity contribution is 5.85. The Labute approximate surface area is 160 Å². The number of nitrogens with one attached hydrogen (secondary N) is 1. The number of H-pyrrole nitrogens is 1. The van der Waals surface area contributed by atoms with Crippen molar-refractivity contribution in [2.75, 3.05) is 20.1 Å². The standard InChI is InChI=1S/C22H27N3O2/c1-24(21(26)14-16-8-11-23-15-16)18-9-12-25(13-10-18)22(27)20-7-6-17-4-2-3-5-19(17)20/h2-5,8,11,15,18,20,23H,6-7,9-10,12-14H2,1H3. The summed E-state index contributed by atoms with van der Waals surface area (Å²) < 4.78 is 0. The number of benzene rings is 1. The van der Waals surface area contributed by atoms with E-state index in [9.17, 15) is 9.59 Å². The normalized spacial score (nSPS) is 19.7. The second kappa shape index (κ2) is 7.59. The number of fused-ring (bicyclic) bond motifs is 1. The van der Waals surface area contributed by atoms with Gasteiger partial charge in [-0.3, -0.25) is 9.59 Å². The first-order valence-corrected chi connectivity index (χ1v) is 9.87. The number of carbonyl (C=O) groups is 2. The Hall–Kier alpha value is -2.56. The van der Waals surface area contributed by atoms with Crippen LogP contribution in [0.4, 0.5) is 0 Å². The Bertz CT molecular complexity index is 807. The van der Waals surface area contributed by atoms with Gasteiger partial charge in [0.25, 0.3) is 0 Å². The van der Waals surface area contributed by atoms with Crippen molar-refractivity contribution in [3.05, 3.63) is 59.4 Å². The lowest BCUT2D eigenvalue weighted by Gasteiger charge is -2.37. The number of likely N-dealkylation sites (N-methyl/N-ethyl adjacent to an activating group) is 1. The number of likely N-dealkylation sites (tertiary alicyclic amines) is 1. The molecule has 2 heterocycles. The molecule has 1 unspecified atom stereocenters. The van der Waals surface area contributed by atoms with E-state index in [4.69, 9.17) is 0 Å². The van der Waals surface area contributed by atoms with Crippen molar-refractivity contribution >= 4 is 11.8 Å². The zero-order chi connectivity index (χ0) is 18.8. The van der Waals surface area contributed by atoms with E-state index < -0.39 is 0 Å². The lowest BCUT2D eigenvalue weighted by atomic mass is 9.97. The molecular formula is C22H27N3O2. The molecule has 1 aliphatic heterocycles. The minimum absolute atomic E-state index is 0.0192. The summed E-state index contributed by atoms with van der Waals surface area (Å²) in [5.41, 5.74) is 3.55. The maximum absolute atomic E-state index is 13.0. The van der Waals surface area contributed by atoms with Crippen molar-refractivity contribution in [2.45, 2.75) is 44.1 Å². The number of rotatable bonds is 4. The van der Waals surface area contributed by atoms with Crippen molar-refractivity contribution in [3.8, 4) is 0 Å². The van der Waals surface area contributed by atoms with Crippen LogP contribution in [0.2, 0.25) is 0 Å². The minimum atomic E-state index is 0.0192. The van der Waals surface area contributed by atoms with Gasteiger partial charge in [-0.1, -0.05) is 24.3 Å². The summed E-state index contributed by atoms with van der Waals surface area (Å²) in [5.74, 6) is 0.425.